The zero-order valence-electron chi connectivity index (χ0n) is 9.91. The molecule has 1 atom stereocenters. The van der Waals surface area contributed by atoms with Crippen LogP contribution in [0, 0.1) is 0 Å². The van der Waals surface area contributed by atoms with E-state index in [1.165, 1.54) is 0 Å². The van der Waals surface area contributed by atoms with E-state index in [9.17, 15) is 4.79 Å². The number of rotatable bonds is 2. The van der Waals surface area contributed by atoms with Gasteiger partial charge in [-0.15, -0.1) is 0 Å². The average Bonchev–Trinajstić information content (AvgIpc) is 2.83. The summed E-state index contributed by atoms with van der Waals surface area (Å²) >= 11 is 0. The second-order valence-corrected chi connectivity index (χ2v) is 4.36. The van der Waals surface area contributed by atoms with Crippen LogP contribution in [-0.2, 0) is 0 Å². The molecule has 1 saturated heterocycles. The predicted octanol–water partition coefficient (Wildman–Crippen LogP) is 2.96. The Hall–Kier alpha value is -2.29. The van der Waals surface area contributed by atoms with E-state index in [1.807, 2.05) is 60.7 Å². The van der Waals surface area contributed by atoms with E-state index in [4.69, 9.17) is 0 Å². The Balaban J connectivity index is 1.83. The maximum atomic E-state index is 12.0. The molecule has 1 aliphatic heterocycles. The summed E-state index contributed by atoms with van der Waals surface area (Å²) in [6.07, 6.45) is 0. The number of nitrogens with one attached hydrogen (secondary N) is 1. The third-order valence-corrected chi connectivity index (χ3v) is 3.18. The van der Waals surface area contributed by atoms with Gasteiger partial charge in [0.2, 0.25) is 0 Å². The summed E-state index contributed by atoms with van der Waals surface area (Å²) in [6, 6.07) is 19.8. The van der Waals surface area contributed by atoms with Gasteiger partial charge in [-0.25, -0.2) is 4.79 Å². The second-order valence-electron chi connectivity index (χ2n) is 4.36. The first-order chi connectivity index (χ1) is 8.84. The molecule has 0 radical (unpaired) electrons. The molecule has 1 heterocycles. The molecule has 3 rings (SSSR count). The molecule has 0 bridgehead atoms. The normalized spacial score (nSPS) is 18.8. The number of carbonyl (C=O) groups excluding carboxylic acids is 1. The fraction of sp³-hybridized carbons (Fsp3) is 0.133. The third-order valence-electron chi connectivity index (χ3n) is 3.18. The number of nitrogens with zero attached hydrogens (tertiary/aromatic N) is 1. The Morgan fingerprint density at radius 1 is 0.944 bits per heavy atom. The molecule has 2 aromatic carbocycles. The molecular formula is C15H14N2O. The molecule has 1 fully saturated rings. The lowest BCUT2D eigenvalue weighted by Crippen LogP contribution is -2.27. The number of carbonyl (C=O) groups is 1. The lowest BCUT2D eigenvalue weighted by molar-refractivity contribution is 0.251. The number of urea groups is 1. The highest BCUT2D eigenvalue weighted by Crippen LogP contribution is 2.24. The average molecular weight is 238 g/mol. The summed E-state index contributed by atoms with van der Waals surface area (Å²) in [7, 11) is 0. The van der Waals surface area contributed by atoms with Crippen molar-refractivity contribution in [2.45, 2.75) is 6.04 Å². The van der Waals surface area contributed by atoms with Crippen molar-refractivity contribution in [1.82, 2.24) is 5.32 Å². The fourth-order valence-corrected chi connectivity index (χ4v) is 2.24. The van der Waals surface area contributed by atoms with E-state index in [1.54, 1.807) is 4.90 Å². The van der Waals surface area contributed by atoms with Gasteiger partial charge in [0.25, 0.3) is 0 Å². The van der Waals surface area contributed by atoms with Gasteiger partial charge in [0.15, 0.2) is 0 Å². The van der Waals surface area contributed by atoms with Gasteiger partial charge in [-0.05, 0) is 17.7 Å². The summed E-state index contributed by atoms with van der Waals surface area (Å²) in [4.78, 5) is 13.7. The zero-order valence-corrected chi connectivity index (χ0v) is 9.91. The highest BCUT2D eigenvalue weighted by atomic mass is 16.2. The standard InChI is InChI=1S/C15H14N2O/c18-15-16-14(12-7-3-1-4-8-12)11-17(15)13-9-5-2-6-10-13/h1-10,14H,11H2,(H,16,18)/t14-/m1/s1. The van der Waals surface area contributed by atoms with Crippen LogP contribution in [0.4, 0.5) is 10.5 Å². The minimum atomic E-state index is -0.0324. The Morgan fingerprint density at radius 2 is 1.56 bits per heavy atom. The Morgan fingerprint density at radius 3 is 2.22 bits per heavy atom. The zero-order chi connectivity index (χ0) is 12.4. The molecular weight excluding hydrogens is 224 g/mol. The van der Waals surface area contributed by atoms with Crippen molar-refractivity contribution in [2.24, 2.45) is 0 Å². The monoisotopic (exact) mass is 238 g/mol. The summed E-state index contributed by atoms with van der Waals surface area (Å²) < 4.78 is 0. The van der Waals surface area contributed by atoms with Gasteiger partial charge in [-0.3, -0.25) is 4.90 Å². The van der Waals surface area contributed by atoms with Crippen molar-refractivity contribution in [1.29, 1.82) is 0 Å². The number of anilines is 1. The van der Waals surface area contributed by atoms with Crippen molar-refractivity contribution in [3.8, 4) is 0 Å². The Labute approximate surface area is 106 Å². The quantitative estimate of drug-likeness (QED) is 0.857. The molecule has 0 aromatic heterocycles. The van der Waals surface area contributed by atoms with Crippen LogP contribution in [0.2, 0.25) is 0 Å². The minimum Gasteiger partial charge on any atom is -0.329 e. The van der Waals surface area contributed by atoms with E-state index in [0.717, 1.165) is 11.3 Å². The largest absolute Gasteiger partial charge is 0.329 e. The minimum absolute atomic E-state index is 0.0324. The summed E-state index contributed by atoms with van der Waals surface area (Å²) in [5.74, 6) is 0. The summed E-state index contributed by atoms with van der Waals surface area (Å²) in [6.45, 7) is 0.673. The van der Waals surface area contributed by atoms with Crippen LogP contribution in [0.25, 0.3) is 0 Å². The van der Waals surface area contributed by atoms with Gasteiger partial charge < -0.3 is 5.32 Å². The van der Waals surface area contributed by atoms with E-state index in [2.05, 4.69) is 5.32 Å². The van der Waals surface area contributed by atoms with Crippen LogP contribution in [-0.4, -0.2) is 12.6 Å². The molecule has 1 aliphatic rings. The van der Waals surface area contributed by atoms with Crippen molar-refractivity contribution in [3.63, 3.8) is 0 Å². The van der Waals surface area contributed by atoms with Gasteiger partial charge in [0, 0.05) is 5.69 Å². The highest BCUT2D eigenvalue weighted by Gasteiger charge is 2.30. The van der Waals surface area contributed by atoms with Crippen molar-refractivity contribution in [2.75, 3.05) is 11.4 Å². The van der Waals surface area contributed by atoms with E-state index in [0.29, 0.717) is 6.54 Å². The first-order valence-corrected chi connectivity index (χ1v) is 6.02. The van der Waals surface area contributed by atoms with Crippen LogP contribution < -0.4 is 10.2 Å². The van der Waals surface area contributed by atoms with Gasteiger partial charge in [0.1, 0.15) is 0 Å². The predicted molar refractivity (Wildman–Crippen MR) is 71.5 cm³/mol. The SMILES string of the molecule is O=C1N[C@@H](c2ccccc2)CN1c1ccccc1. The molecule has 2 aromatic rings. The third kappa shape index (κ3) is 1.95. The van der Waals surface area contributed by atoms with Gasteiger partial charge in [-0.1, -0.05) is 48.5 Å². The molecule has 0 aliphatic carbocycles. The maximum absolute atomic E-state index is 12.0. The van der Waals surface area contributed by atoms with E-state index in [-0.39, 0.29) is 12.1 Å². The van der Waals surface area contributed by atoms with Gasteiger partial charge >= 0.3 is 6.03 Å². The Bertz CT molecular complexity index is 539. The molecule has 0 spiro atoms. The lowest BCUT2D eigenvalue weighted by atomic mass is 10.1. The molecule has 2 amide bonds. The number of hydrogen-bond acceptors (Lipinski definition) is 1. The van der Waals surface area contributed by atoms with Crippen LogP contribution in [0.15, 0.2) is 60.7 Å². The van der Waals surface area contributed by atoms with Crippen LogP contribution in [0.3, 0.4) is 0 Å². The molecule has 3 nitrogen and oxygen atoms in total. The first-order valence-electron chi connectivity index (χ1n) is 6.02. The van der Waals surface area contributed by atoms with Gasteiger partial charge in [0.05, 0.1) is 12.6 Å². The second kappa shape index (κ2) is 4.53. The van der Waals surface area contributed by atoms with E-state index >= 15 is 0 Å². The molecule has 0 saturated carbocycles. The van der Waals surface area contributed by atoms with Crippen molar-refractivity contribution in [3.05, 3.63) is 66.2 Å². The number of hydrogen-bond donors (Lipinski definition) is 1. The molecule has 3 heteroatoms. The first kappa shape index (κ1) is 10.8. The lowest BCUT2D eigenvalue weighted by Gasteiger charge is -2.14. The number of para-hydroxylation sites is 1. The summed E-state index contributed by atoms with van der Waals surface area (Å²) in [5.41, 5.74) is 2.08. The van der Waals surface area contributed by atoms with Crippen LogP contribution in [0.1, 0.15) is 11.6 Å². The molecule has 18 heavy (non-hydrogen) atoms. The van der Waals surface area contributed by atoms with E-state index < -0.39 is 0 Å². The van der Waals surface area contributed by atoms with Gasteiger partial charge in [-0.2, -0.15) is 0 Å². The van der Waals surface area contributed by atoms with Crippen molar-refractivity contribution >= 4 is 11.7 Å². The van der Waals surface area contributed by atoms with Crippen LogP contribution >= 0.6 is 0 Å². The molecule has 1 N–H and O–H groups in total. The topological polar surface area (TPSA) is 32.3 Å². The summed E-state index contributed by atoms with van der Waals surface area (Å²) in [5, 5.41) is 3.01. The molecule has 0 unspecified atom stereocenters. The smallest absolute Gasteiger partial charge is 0.322 e. The Kier molecular flexibility index (Phi) is 2.73. The van der Waals surface area contributed by atoms with Crippen molar-refractivity contribution < 1.29 is 4.79 Å². The molecule has 90 valence electrons. The van der Waals surface area contributed by atoms with Crippen LogP contribution in [0.5, 0.6) is 0 Å². The fourth-order valence-electron chi connectivity index (χ4n) is 2.24. The number of benzene rings is 2. The number of amides is 2. The highest BCUT2D eigenvalue weighted by molar-refractivity contribution is 5.94. The maximum Gasteiger partial charge on any atom is 0.322 e.